The van der Waals surface area contributed by atoms with Crippen LogP contribution in [0.25, 0.3) is 21.8 Å². The molecule has 30 heavy (non-hydrogen) atoms. The first-order valence-electron chi connectivity index (χ1n) is 10.1. The fourth-order valence-electron chi connectivity index (χ4n) is 5.30. The molecule has 1 N–H and O–H groups in total. The van der Waals surface area contributed by atoms with Crippen molar-refractivity contribution in [1.29, 1.82) is 0 Å². The van der Waals surface area contributed by atoms with Crippen molar-refractivity contribution in [2.45, 2.75) is 43.2 Å². The monoisotopic (exact) mass is 441 g/mol. The molecule has 0 radical (unpaired) electrons. The third-order valence-corrected chi connectivity index (χ3v) is 8.42. The van der Waals surface area contributed by atoms with E-state index in [2.05, 4.69) is 16.9 Å². The molecule has 4 heterocycles. The van der Waals surface area contributed by atoms with E-state index in [0.717, 1.165) is 34.7 Å². The van der Waals surface area contributed by atoms with Gasteiger partial charge in [0, 0.05) is 53.7 Å². The Morgan fingerprint density at radius 2 is 1.83 bits per heavy atom. The van der Waals surface area contributed by atoms with Gasteiger partial charge in [-0.25, -0.2) is 12.4 Å². The zero-order chi connectivity index (χ0) is 19.9. The van der Waals surface area contributed by atoms with Crippen molar-refractivity contribution < 1.29 is 8.42 Å². The molecule has 2 unspecified atom stereocenters. The van der Waals surface area contributed by atoms with Gasteiger partial charge in [0.25, 0.3) is 10.0 Å². The summed E-state index contributed by atoms with van der Waals surface area (Å²) in [6.07, 6.45) is 4.98. The number of hydrogen-bond acceptors (Lipinski definition) is 3. The summed E-state index contributed by atoms with van der Waals surface area (Å²) in [5.41, 5.74) is 5.58. The molecule has 6 rings (SSSR count). The first kappa shape index (κ1) is 19.7. The Kier molecular flexibility index (Phi) is 4.33. The summed E-state index contributed by atoms with van der Waals surface area (Å²) in [6, 6.07) is 14.2. The molecule has 1 saturated heterocycles. The number of rotatable bonds is 2. The van der Waals surface area contributed by atoms with Gasteiger partial charge in [0.1, 0.15) is 0 Å². The lowest BCUT2D eigenvalue weighted by atomic mass is 9.99. The summed E-state index contributed by atoms with van der Waals surface area (Å²) < 4.78 is 30.7. The zero-order valence-corrected chi connectivity index (χ0v) is 18.6. The van der Waals surface area contributed by atoms with Gasteiger partial charge in [0.2, 0.25) is 0 Å². The Morgan fingerprint density at radius 3 is 2.67 bits per heavy atom. The third kappa shape index (κ3) is 2.60. The van der Waals surface area contributed by atoms with Crippen LogP contribution >= 0.6 is 12.4 Å². The lowest BCUT2D eigenvalue weighted by Gasteiger charge is -2.23. The van der Waals surface area contributed by atoms with E-state index in [1.165, 1.54) is 21.7 Å². The first-order valence-corrected chi connectivity index (χ1v) is 11.6. The molecule has 2 aromatic heterocycles. The smallest absolute Gasteiger partial charge is 0.268 e. The van der Waals surface area contributed by atoms with Crippen LogP contribution in [0.4, 0.5) is 0 Å². The molecular formula is C23H24ClN3O2S. The van der Waals surface area contributed by atoms with Gasteiger partial charge < -0.3 is 9.88 Å². The van der Waals surface area contributed by atoms with Gasteiger partial charge in [-0.15, -0.1) is 12.4 Å². The summed E-state index contributed by atoms with van der Waals surface area (Å²) in [5, 5.41) is 5.70. The summed E-state index contributed by atoms with van der Waals surface area (Å²) in [7, 11) is -1.57. The van der Waals surface area contributed by atoms with Gasteiger partial charge >= 0.3 is 0 Å². The van der Waals surface area contributed by atoms with E-state index in [1.54, 1.807) is 12.3 Å². The van der Waals surface area contributed by atoms with E-state index in [4.69, 9.17) is 0 Å². The van der Waals surface area contributed by atoms with Gasteiger partial charge in [-0.1, -0.05) is 11.6 Å². The van der Waals surface area contributed by atoms with Crippen molar-refractivity contribution in [1.82, 2.24) is 13.9 Å². The Hall–Kier alpha value is -2.28. The molecule has 2 aliphatic rings. The van der Waals surface area contributed by atoms with Crippen LogP contribution in [0.2, 0.25) is 0 Å². The van der Waals surface area contributed by atoms with Gasteiger partial charge in [-0.2, -0.15) is 0 Å². The van der Waals surface area contributed by atoms with Gasteiger partial charge in [-0.05, 0) is 61.7 Å². The first-order chi connectivity index (χ1) is 13.9. The fraction of sp³-hybridized carbons (Fsp3) is 0.304. The van der Waals surface area contributed by atoms with Crippen LogP contribution in [0.5, 0.6) is 0 Å². The van der Waals surface area contributed by atoms with Crippen molar-refractivity contribution >= 4 is 44.2 Å². The van der Waals surface area contributed by atoms with Crippen molar-refractivity contribution in [2.75, 3.05) is 0 Å². The SMILES string of the molecule is Cc1ccc2c(ccn2S(=O)(=O)c2ccc3c(c2)c2c(n3C)CC3CCC2N3)c1.Cl. The number of nitrogens with zero attached hydrogens (tertiary/aromatic N) is 2. The average molecular weight is 442 g/mol. The molecule has 5 nitrogen and oxygen atoms in total. The Balaban J connectivity index is 0.00000193. The lowest BCUT2D eigenvalue weighted by Crippen LogP contribution is -2.32. The second-order valence-electron chi connectivity index (χ2n) is 8.47. The lowest BCUT2D eigenvalue weighted by molar-refractivity contribution is 0.503. The second-order valence-corrected chi connectivity index (χ2v) is 10.3. The third-order valence-electron chi connectivity index (χ3n) is 6.73. The number of aromatic nitrogens is 2. The van der Waals surface area contributed by atoms with E-state index in [0.29, 0.717) is 22.5 Å². The van der Waals surface area contributed by atoms with E-state index in [-0.39, 0.29) is 12.4 Å². The van der Waals surface area contributed by atoms with E-state index < -0.39 is 10.0 Å². The molecule has 7 heteroatoms. The Morgan fingerprint density at radius 1 is 1.03 bits per heavy atom. The highest BCUT2D eigenvalue weighted by Crippen LogP contribution is 2.42. The molecule has 2 atom stereocenters. The topological polar surface area (TPSA) is 56.0 Å². The van der Waals surface area contributed by atoms with Crippen LogP contribution in [-0.4, -0.2) is 23.0 Å². The molecule has 4 aromatic rings. The Bertz CT molecular complexity index is 1420. The molecule has 156 valence electrons. The molecule has 2 bridgehead atoms. The maximum absolute atomic E-state index is 13.5. The highest BCUT2D eigenvalue weighted by molar-refractivity contribution is 7.90. The van der Waals surface area contributed by atoms with Gasteiger partial charge in [-0.3, -0.25) is 0 Å². The van der Waals surface area contributed by atoms with Crippen LogP contribution in [-0.2, 0) is 23.5 Å². The standard InChI is InChI=1S/C23H23N3O2S.ClH/c1-14-3-7-20-15(11-14)9-10-26(20)29(27,28)17-5-8-21-18(13-17)23-19-6-4-16(24-19)12-22(23)25(21)2;/h3,5,7-11,13,16,19,24H,4,6,12H2,1-2H3;1H. The van der Waals surface area contributed by atoms with Crippen LogP contribution in [0.3, 0.4) is 0 Å². The summed E-state index contributed by atoms with van der Waals surface area (Å²) in [4.78, 5) is 0.344. The van der Waals surface area contributed by atoms with Crippen LogP contribution < -0.4 is 5.32 Å². The van der Waals surface area contributed by atoms with Crippen molar-refractivity contribution in [3.05, 3.63) is 65.5 Å². The quantitative estimate of drug-likeness (QED) is 0.500. The number of aryl methyl sites for hydroxylation is 2. The van der Waals surface area contributed by atoms with Crippen LogP contribution in [0, 0.1) is 6.92 Å². The summed E-state index contributed by atoms with van der Waals surface area (Å²) >= 11 is 0. The molecule has 0 saturated carbocycles. The number of nitrogens with one attached hydrogen (secondary N) is 1. The molecule has 0 aliphatic carbocycles. The molecule has 2 aromatic carbocycles. The molecular weight excluding hydrogens is 418 g/mol. The number of benzene rings is 2. The number of halogens is 1. The highest BCUT2D eigenvalue weighted by atomic mass is 35.5. The van der Waals surface area contributed by atoms with Crippen molar-refractivity contribution in [2.24, 2.45) is 7.05 Å². The minimum Gasteiger partial charge on any atom is -0.347 e. The summed E-state index contributed by atoms with van der Waals surface area (Å²) in [5.74, 6) is 0. The number of fused-ring (bicyclic) bond motifs is 7. The largest absolute Gasteiger partial charge is 0.347 e. The molecule has 0 spiro atoms. The predicted molar refractivity (Wildman–Crippen MR) is 122 cm³/mol. The van der Waals surface area contributed by atoms with Gasteiger partial charge in [0.05, 0.1) is 10.4 Å². The van der Waals surface area contributed by atoms with Gasteiger partial charge in [0.15, 0.2) is 0 Å². The molecule has 1 fully saturated rings. The minimum atomic E-state index is -3.67. The summed E-state index contributed by atoms with van der Waals surface area (Å²) in [6.45, 7) is 2.01. The molecule has 2 aliphatic heterocycles. The maximum atomic E-state index is 13.5. The van der Waals surface area contributed by atoms with E-state index >= 15 is 0 Å². The van der Waals surface area contributed by atoms with E-state index in [1.807, 2.05) is 43.3 Å². The van der Waals surface area contributed by atoms with E-state index in [9.17, 15) is 8.42 Å². The molecule has 0 amide bonds. The number of hydrogen-bond donors (Lipinski definition) is 1. The average Bonchev–Trinajstić information content (AvgIpc) is 3.37. The Labute approximate surface area is 182 Å². The zero-order valence-electron chi connectivity index (χ0n) is 16.9. The normalized spacial score (nSPS) is 20.5. The van der Waals surface area contributed by atoms with Crippen LogP contribution in [0.15, 0.2) is 53.6 Å². The highest BCUT2D eigenvalue weighted by Gasteiger charge is 2.36. The van der Waals surface area contributed by atoms with Crippen LogP contribution in [0.1, 0.15) is 35.7 Å². The minimum absolute atomic E-state index is 0. The maximum Gasteiger partial charge on any atom is 0.268 e. The van der Waals surface area contributed by atoms with Crippen molar-refractivity contribution in [3.8, 4) is 0 Å². The second kappa shape index (κ2) is 6.61. The van der Waals surface area contributed by atoms with Crippen molar-refractivity contribution in [3.63, 3.8) is 0 Å². The predicted octanol–water partition coefficient (Wildman–Crippen LogP) is 4.45. The fourth-order valence-corrected chi connectivity index (χ4v) is 6.68.